The summed E-state index contributed by atoms with van der Waals surface area (Å²) < 4.78 is 7.63. The maximum atomic E-state index is 12.4. The molecular weight excluding hydrogens is 350 g/mol. The van der Waals surface area contributed by atoms with Crippen LogP contribution in [0.25, 0.3) is 0 Å². The number of anilines is 1. The van der Waals surface area contributed by atoms with Crippen LogP contribution in [0, 0.1) is 0 Å². The molecule has 1 atom stereocenters. The number of rotatable bonds is 4. The fourth-order valence-corrected chi connectivity index (χ4v) is 4.47. The van der Waals surface area contributed by atoms with Gasteiger partial charge in [0.15, 0.2) is 5.82 Å². The second kappa shape index (κ2) is 6.82. The number of nitrogens with zero attached hydrogens (tertiary/aromatic N) is 2. The second-order valence-corrected chi connectivity index (χ2v) is 7.64. The molecule has 0 radical (unpaired) electrons. The van der Waals surface area contributed by atoms with Crippen molar-refractivity contribution in [2.45, 2.75) is 38.1 Å². The molecule has 1 aromatic heterocycles. The van der Waals surface area contributed by atoms with Gasteiger partial charge in [-0.2, -0.15) is 5.10 Å². The van der Waals surface area contributed by atoms with Crippen LogP contribution in [0.15, 0.2) is 48.7 Å². The molecule has 2 aliphatic rings. The van der Waals surface area contributed by atoms with Crippen molar-refractivity contribution < 1.29 is 9.53 Å². The van der Waals surface area contributed by atoms with E-state index in [0.29, 0.717) is 18.8 Å². The Kier molecular flexibility index (Phi) is 4.15. The van der Waals surface area contributed by atoms with Gasteiger partial charge in [-0.25, -0.2) is 0 Å². The molecule has 5 heteroatoms. The molecule has 1 aliphatic heterocycles. The molecule has 5 nitrogen and oxygen atoms in total. The summed E-state index contributed by atoms with van der Waals surface area (Å²) >= 11 is 0. The minimum absolute atomic E-state index is 0.00464. The molecule has 0 spiro atoms. The monoisotopic (exact) mass is 373 g/mol. The predicted molar refractivity (Wildman–Crippen MR) is 108 cm³/mol. The highest BCUT2D eigenvalue weighted by atomic mass is 16.5. The Labute approximate surface area is 164 Å². The normalized spacial score (nSPS) is 17.8. The molecule has 1 amide bonds. The van der Waals surface area contributed by atoms with E-state index in [-0.39, 0.29) is 11.8 Å². The zero-order valence-electron chi connectivity index (χ0n) is 15.9. The van der Waals surface area contributed by atoms with Crippen molar-refractivity contribution in [3.63, 3.8) is 0 Å². The lowest BCUT2D eigenvalue weighted by molar-refractivity contribution is -0.116. The number of hydrogen-bond acceptors (Lipinski definition) is 3. The molecule has 3 aromatic rings. The maximum absolute atomic E-state index is 12.4. The second-order valence-electron chi connectivity index (χ2n) is 7.64. The third-order valence-electron chi connectivity index (χ3n) is 5.82. The molecule has 0 saturated carbocycles. The summed E-state index contributed by atoms with van der Waals surface area (Å²) in [7, 11) is 1.71. The number of carbonyl (C=O) groups is 1. The number of fused-ring (bicyclic) bond motifs is 2. The van der Waals surface area contributed by atoms with Crippen LogP contribution in [0.4, 0.5) is 5.82 Å². The molecule has 2 heterocycles. The molecule has 1 aliphatic carbocycles. The van der Waals surface area contributed by atoms with E-state index in [1.807, 2.05) is 22.9 Å². The van der Waals surface area contributed by atoms with E-state index in [0.717, 1.165) is 29.7 Å². The van der Waals surface area contributed by atoms with E-state index in [4.69, 9.17) is 4.74 Å². The smallest absolute Gasteiger partial charge is 0.226 e. The summed E-state index contributed by atoms with van der Waals surface area (Å²) in [6, 6.07) is 14.6. The molecule has 0 bridgehead atoms. The summed E-state index contributed by atoms with van der Waals surface area (Å²) in [6.45, 7) is 0.678. The Morgan fingerprint density at radius 3 is 2.71 bits per heavy atom. The highest BCUT2D eigenvalue weighted by molar-refractivity contribution is 5.94. The molecule has 1 unspecified atom stereocenters. The first kappa shape index (κ1) is 17.0. The molecule has 1 N–H and O–H groups in total. The summed E-state index contributed by atoms with van der Waals surface area (Å²) in [5.74, 6) is 1.51. The number of nitrogens with one attached hydrogen (secondary N) is 1. The minimum atomic E-state index is -0.0332. The number of benzene rings is 2. The van der Waals surface area contributed by atoms with Gasteiger partial charge in [-0.3, -0.25) is 9.48 Å². The molecule has 28 heavy (non-hydrogen) atoms. The van der Waals surface area contributed by atoms with Gasteiger partial charge >= 0.3 is 0 Å². The maximum Gasteiger partial charge on any atom is 0.226 e. The van der Waals surface area contributed by atoms with Crippen molar-refractivity contribution in [1.29, 1.82) is 0 Å². The van der Waals surface area contributed by atoms with E-state index >= 15 is 0 Å². The van der Waals surface area contributed by atoms with E-state index in [9.17, 15) is 4.79 Å². The zero-order chi connectivity index (χ0) is 19.1. The predicted octanol–water partition coefficient (Wildman–Crippen LogP) is 3.90. The topological polar surface area (TPSA) is 56.1 Å². The number of carbonyl (C=O) groups excluding carboxylic acids is 1. The third kappa shape index (κ3) is 2.97. The van der Waals surface area contributed by atoms with Crippen molar-refractivity contribution >= 4 is 11.7 Å². The Hall–Kier alpha value is -3.08. The third-order valence-corrected chi connectivity index (χ3v) is 5.82. The number of methoxy groups -OCH3 is 1. The minimum Gasteiger partial charge on any atom is -0.496 e. The average molecular weight is 373 g/mol. The fourth-order valence-electron chi connectivity index (χ4n) is 4.47. The Morgan fingerprint density at radius 2 is 1.93 bits per heavy atom. The molecule has 0 saturated heterocycles. The molecule has 5 rings (SSSR count). The van der Waals surface area contributed by atoms with Gasteiger partial charge in [0.25, 0.3) is 0 Å². The van der Waals surface area contributed by atoms with Crippen LogP contribution in [-0.2, 0) is 24.2 Å². The van der Waals surface area contributed by atoms with Gasteiger partial charge in [-0.15, -0.1) is 0 Å². The van der Waals surface area contributed by atoms with E-state index < -0.39 is 0 Å². The van der Waals surface area contributed by atoms with Crippen LogP contribution in [-0.4, -0.2) is 22.8 Å². The Morgan fingerprint density at radius 1 is 1.14 bits per heavy atom. The van der Waals surface area contributed by atoms with Crippen LogP contribution in [0.5, 0.6) is 5.75 Å². The first-order chi connectivity index (χ1) is 13.7. The van der Waals surface area contributed by atoms with Crippen molar-refractivity contribution in [3.05, 3.63) is 76.5 Å². The van der Waals surface area contributed by atoms with Gasteiger partial charge in [0.05, 0.1) is 13.7 Å². The first-order valence-electron chi connectivity index (χ1n) is 9.82. The Bertz CT molecular complexity index is 1040. The lowest BCUT2D eigenvalue weighted by atomic mass is 9.85. The fraction of sp³-hybridized carbons (Fsp3) is 0.304. The largest absolute Gasteiger partial charge is 0.496 e. The van der Waals surface area contributed by atoms with Crippen molar-refractivity contribution in [2.75, 3.05) is 12.4 Å². The van der Waals surface area contributed by atoms with E-state index in [1.54, 1.807) is 7.11 Å². The number of aryl methyl sites for hydroxylation is 2. The number of aromatic nitrogens is 2. The van der Waals surface area contributed by atoms with Crippen molar-refractivity contribution in [2.24, 2.45) is 0 Å². The Balaban J connectivity index is 1.55. The van der Waals surface area contributed by atoms with E-state index in [1.165, 1.54) is 23.1 Å². The van der Waals surface area contributed by atoms with Crippen LogP contribution in [0.2, 0.25) is 0 Å². The van der Waals surface area contributed by atoms with Gasteiger partial charge in [0.1, 0.15) is 5.75 Å². The highest BCUT2D eigenvalue weighted by Gasteiger charge is 2.32. The van der Waals surface area contributed by atoms with Gasteiger partial charge in [-0.05, 0) is 42.0 Å². The standard InChI is InChI=1S/C23H23N3O2/c1-28-21-11-17-9-5-8-16(17)10-19(21)18-12-22(27)24-23-20(18)14-26(25-23)13-15-6-3-2-4-7-15/h2-4,6-7,10-11,14,18H,5,8-9,12-13H2,1H3,(H,24,25,27). The highest BCUT2D eigenvalue weighted by Crippen LogP contribution is 2.42. The van der Waals surface area contributed by atoms with Crippen LogP contribution >= 0.6 is 0 Å². The SMILES string of the molecule is COc1cc2c(cc1C1CC(=O)Nc3nn(Cc4ccccc4)cc31)CCC2. The van der Waals surface area contributed by atoms with Crippen LogP contribution in [0.1, 0.15) is 46.6 Å². The number of amides is 1. The number of hydrogen-bond donors (Lipinski definition) is 1. The van der Waals surface area contributed by atoms with Gasteiger partial charge in [0.2, 0.25) is 5.91 Å². The average Bonchev–Trinajstić information content (AvgIpc) is 3.32. The lowest BCUT2D eigenvalue weighted by Gasteiger charge is -2.24. The quantitative estimate of drug-likeness (QED) is 0.755. The van der Waals surface area contributed by atoms with Gasteiger partial charge in [-0.1, -0.05) is 36.4 Å². The molecule has 0 fully saturated rings. The van der Waals surface area contributed by atoms with Gasteiger partial charge < -0.3 is 10.1 Å². The summed E-state index contributed by atoms with van der Waals surface area (Å²) in [6.07, 6.45) is 5.88. The summed E-state index contributed by atoms with van der Waals surface area (Å²) in [4.78, 5) is 12.4. The zero-order valence-corrected chi connectivity index (χ0v) is 15.9. The number of ether oxygens (including phenoxy) is 1. The molecular formula is C23H23N3O2. The van der Waals surface area contributed by atoms with E-state index in [2.05, 4.69) is 40.9 Å². The van der Waals surface area contributed by atoms with Crippen LogP contribution in [0.3, 0.4) is 0 Å². The summed E-state index contributed by atoms with van der Waals surface area (Å²) in [5.41, 5.74) is 6.10. The lowest BCUT2D eigenvalue weighted by Crippen LogP contribution is -2.23. The van der Waals surface area contributed by atoms with Crippen molar-refractivity contribution in [1.82, 2.24) is 9.78 Å². The van der Waals surface area contributed by atoms with Crippen molar-refractivity contribution in [3.8, 4) is 5.75 Å². The van der Waals surface area contributed by atoms with Gasteiger partial charge in [0, 0.05) is 29.7 Å². The van der Waals surface area contributed by atoms with Crippen LogP contribution < -0.4 is 10.1 Å². The first-order valence-corrected chi connectivity index (χ1v) is 9.82. The summed E-state index contributed by atoms with van der Waals surface area (Å²) in [5, 5.41) is 7.59. The molecule has 2 aromatic carbocycles. The molecule has 142 valence electrons.